The first kappa shape index (κ1) is 12.5. The minimum atomic E-state index is 0.0851. The van der Waals surface area contributed by atoms with Crippen LogP contribution in [0.4, 0.5) is 0 Å². The molecule has 1 aromatic heterocycles. The molecule has 0 saturated heterocycles. The lowest BCUT2D eigenvalue weighted by molar-refractivity contribution is 0.0770. The third-order valence-corrected chi connectivity index (χ3v) is 3.22. The Kier molecular flexibility index (Phi) is 4.07. The molecular weight excluding hydrogens is 214 g/mol. The number of ether oxygens (including phenoxy) is 1. The lowest BCUT2D eigenvalue weighted by atomic mass is 10.2. The summed E-state index contributed by atoms with van der Waals surface area (Å²) in [4.78, 5) is 9.03. The standard InChI is InChI=1S/C13H21N3O/c1-4-14-7-11-8-15-13(16-9(11)2)12(17-3)10-5-6-10/h8,10,12,14H,4-7H2,1-3H3. The van der Waals surface area contributed by atoms with Crippen LogP contribution in [0.2, 0.25) is 0 Å². The van der Waals surface area contributed by atoms with Crippen LogP contribution in [0.3, 0.4) is 0 Å². The first-order valence-corrected chi connectivity index (χ1v) is 6.32. The summed E-state index contributed by atoms with van der Waals surface area (Å²) in [6, 6.07) is 0. The zero-order chi connectivity index (χ0) is 12.3. The highest BCUT2D eigenvalue weighted by Crippen LogP contribution is 2.41. The Morgan fingerprint density at radius 1 is 1.53 bits per heavy atom. The van der Waals surface area contributed by atoms with E-state index in [1.807, 2.05) is 13.1 Å². The topological polar surface area (TPSA) is 47.0 Å². The summed E-state index contributed by atoms with van der Waals surface area (Å²) >= 11 is 0. The van der Waals surface area contributed by atoms with Gasteiger partial charge in [0.2, 0.25) is 0 Å². The van der Waals surface area contributed by atoms with Gasteiger partial charge in [0.15, 0.2) is 5.82 Å². The highest BCUT2D eigenvalue weighted by atomic mass is 16.5. The maximum absolute atomic E-state index is 5.50. The zero-order valence-corrected chi connectivity index (χ0v) is 10.9. The molecular formula is C13H21N3O. The van der Waals surface area contributed by atoms with Gasteiger partial charge in [0.25, 0.3) is 0 Å². The van der Waals surface area contributed by atoms with Gasteiger partial charge in [-0.2, -0.15) is 0 Å². The molecule has 0 radical (unpaired) electrons. The molecule has 1 heterocycles. The molecule has 0 aromatic carbocycles. The number of nitrogens with one attached hydrogen (secondary N) is 1. The van der Waals surface area contributed by atoms with E-state index in [4.69, 9.17) is 4.74 Å². The maximum atomic E-state index is 5.50. The molecule has 1 atom stereocenters. The Bertz CT molecular complexity index is 377. The van der Waals surface area contributed by atoms with Gasteiger partial charge in [0.1, 0.15) is 6.10 Å². The molecule has 1 aliphatic carbocycles. The van der Waals surface area contributed by atoms with Crippen molar-refractivity contribution in [3.8, 4) is 0 Å². The van der Waals surface area contributed by atoms with Crippen molar-refractivity contribution < 1.29 is 4.74 Å². The number of rotatable bonds is 6. The third-order valence-electron chi connectivity index (χ3n) is 3.22. The van der Waals surface area contributed by atoms with E-state index in [9.17, 15) is 0 Å². The first-order chi connectivity index (χ1) is 8.26. The second-order valence-electron chi connectivity index (χ2n) is 4.61. The maximum Gasteiger partial charge on any atom is 0.157 e. The molecule has 4 heteroatoms. The quantitative estimate of drug-likeness (QED) is 0.819. The molecule has 17 heavy (non-hydrogen) atoms. The molecule has 1 N–H and O–H groups in total. The van der Waals surface area contributed by atoms with Crippen molar-refractivity contribution in [1.29, 1.82) is 0 Å². The van der Waals surface area contributed by atoms with E-state index in [1.54, 1.807) is 7.11 Å². The van der Waals surface area contributed by atoms with Gasteiger partial charge < -0.3 is 10.1 Å². The normalized spacial score (nSPS) is 17.1. The van der Waals surface area contributed by atoms with Crippen molar-refractivity contribution >= 4 is 0 Å². The van der Waals surface area contributed by atoms with Crippen LogP contribution in [0.5, 0.6) is 0 Å². The number of aryl methyl sites for hydroxylation is 1. The Morgan fingerprint density at radius 3 is 2.82 bits per heavy atom. The fourth-order valence-corrected chi connectivity index (χ4v) is 1.99. The van der Waals surface area contributed by atoms with Crippen LogP contribution in [-0.4, -0.2) is 23.6 Å². The van der Waals surface area contributed by atoms with Crippen LogP contribution in [0, 0.1) is 12.8 Å². The largest absolute Gasteiger partial charge is 0.373 e. The van der Waals surface area contributed by atoms with Gasteiger partial charge in [-0.05, 0) is 32.2 Å². The highest BCUT2D eigenvalue weighted by molar-refractivity contribution is 5.17. The van der Waals surface area contributed by atoms with Crippen molar-refractivity contribution in [2.75, 3.05) is 13.7 Å². The molecule has 0 bridgehead atoms. The Morgan fingerprint density at radius 2 is 2.29 bits per heavy atom. The molecule has 1 fully saturated rings. The summed E-state index contributed by atoms with van der Waals surface area (Å²) in [6.45, 7) is 5.93. The predicted molar refractivity (Wildman–Crippen MR) is 66.6 cm³/mol. The average molecular weight is 235 g/mol. The minimum absolute atomic E-state index is 0.0851. The molecule has 1 aromatic rings. The lowest BCUT2D eigenvalue weighted by Crippen LogP contribution is -2.16. The average Bonchev–Trinajstić information content (AvgIpc) is 3.13. The summed E-state index contributed by atoms with van der Waals surface area (Å²) in [5, 5.41) is 3.29. The summed E-state index contributed by atoms with van der Waals surface area (Å²) in [7, 11) is 1.74. The van der Waals surface area contributed by atoms with Crippen LogP contribution < -0.4 is 5.32 Å². The van der Waals surface area contributed by atoms with Gasteiger partial charge in [-0.25, -0.2) is 9.97 Å². The van der Waals surface area contributed by atoms with Gasteiger partial charge in [-0.15, -0.1) is 0 Å². The van der Waals surface area contributed by atoms with Crippen molar-refractivity contribution in [2.45, 2.75) is 39.3 Å². The Hall–Kier alpha value is -1.00. The Balaban J connectivity index is 2.11. The number of hydrogen-bond acceptors (Lipinski definition) is 4. The smallest absolute Gasteiger partial charge is 0.157 e. The molecule has 0 amide bonds. The van der Waals surface area contributed by atoms with E-state index in [0.29, 0.717) is 5.92 Å². The number of hydrogen-bond donors (Lipinski definition) is 1. The predicted octanol–water partition coefficient (Wildman–Crippen LogP) is 1.99. The highest BCUT2D eigenvalue weighted by Gasteiger charge is 2.34. The van der Waals surface area contributed by atoms with Crippen LogP contribution in [0.1, 0.15) is 43.0 Å². The first-order valence-electron chi connectivity index (χ1n) is 6.32. The second kappa shape index (κ2) is 5.56. The molecule has 1 aliphatic rings. The fourth-order valence-electron chi connectivity index (χ4n) is 1.99. The molecule has 2 rings (SSSR count). The van der Waals surface area contributed by atoms with Gasteiger partial charge in [0.05, 0.1) is 0 Å². The van der Waals surface area contributed by atoms with E-state index in [0.717, 1.165) is 24.6 Å². The zero-order valence-electron chi connectivity index (χ0n) is 10.9. The van der Waals surface area contributed by atoms with E-state index >= 15 is 0 Å². The number of aromatic nitrogens is 2. The second-order valence-corrected chi connectivity index (χ2v) is 4.61. The van der Waals surface area contributed by atoms with Gasteiger partial charge in [-0.1, -0.05) is 6.92 Å². The van der Waals surface area contributed by atoms with Crippen LogP contribution >= 0.6 is 0 Å². The summed E-state index contributed by atoms with van der Waals surface area (Å²) in [6.07, 6.45) is 4.48. The number of nitrogens with zero attached hydrogens (tertiary/aromatic N) is 2. The molecule has 1 unspecified atom stereocenters. The molecule has 0 spiro atoms. The monoisotopic (exact) mass is 235 g/mol. The summed E-state index contributed by atoms with van der Waals surface area (Å²) < 4.78 is 5.50. The summed E-state index contributed by atoms with van der Waals surface area (Å²) in [5.41, 5.74) is 2.22. The number of methoxy groups -OCH3 is 1. The SMILES string of the molecule is CCNCc1cnc(C(OC)C2CC2)nc1C. The van der Waals surface area contributed by atoms with E-state index < -0.39 is 0 Å². The van der Waals surface area contributed by atoms with E-state index in [2.05, 4.69) is 22.2 Å². The third kappa shape index (κ3) is 3.01. The van der Waals surface area contributed by atoms with Gasteiger partial charge >= 0.3 is 0 Å². The summed E-state index contributed by atoms with van der Waals surface area (Å²) in [5.74, 6) is 1.46. The molecule has 94 valence electrons. The lowest BCUT2D eigenvalue weighted by Gasteiger charge is -2.14. The fraction of sp³-hybridized carbons (Fsp3) is 0.692. The van der Waals surface area contributed by atoms with Crippen LogP contribution in [-0.2, 0) is 11.3 Å². The molecule has 4 nitrogen and oxygen atoms in total. The van der Waals surface area contributed by atoms with Crippen molar-refractivity contribution in [2.24, 2.45) is 5.92 Å². The van der Waals surface area contributed by atoms with Crippen molar-refractivity contribution in [3.05, 3.63) is 23.3 Å². The van der Waals surface area contributed by atoms with Gasteiger partial charge in [0, 0.05) is 31.1 Å². The minimum Gasteiger partial charge on any atom is -0.373 e. The van der Waals surface area contributed by atoms with E-state index in [1.165, 1.54) is 18.4 Å². The Labute approximate surface area is 103 Å². The van der Waals surface area contributed by atoms with Crippen molar-refractivity contribution in [3.63, 3.8) is 0 Å². The van der Waals surface area contributed by atoms with E-state index in [-0.39, 0.29) is 6.10 Å². The van der Waals surface area contributed by atoms with Crippen LogP contribution in [0.15, 0.2) is 6.20 Å². The molecule has 0 aliphatic heterocycles. The molecule has 1 saturated carbocycles. The van der Waals surface area contributed by atoms with Crippen LogP contribution in [0.25, 0.3) is 0 Å². The van der Waals surface area contributed by atoms with Gasteiger partial charge in [-0.3, -0.25) is 0 Å². The van der Waals surface area contributed by atoms with Crippen molar-refractivity contribution in [1.82, 2.24) is 15.3 Å².